The number of rotatable bonds is 20. The lowest BCUT2D eigenvalue weighted by atomic mass is 10.1. The zero-order valence-corrected chi connectivity index (χ0v) is 24.5. The average molecular weight is 584 g/mol. The maximum atomic E-state index is 11.9. The van der Waals surface area contributed by atoms with Gasteiger partial charge in [-0.2, -0.15) is 0 Å². The average Bonchev–Trinajstić information content (AvgIpc) is 3.31. The number of aryl methyl sites for hydroxylation is 1. The summed E-state index contributed by atoms with van der Waals surface area (Å²) in [5, 5.41) is 33.5. The number of imidazole rings is 1. The lowest BCUT2D eigenvalue weighted by molar-refractivity contribution is -0.142. The Morgan fingerprint density at radius 1 is 0.976 bits per heavy atom. The number of hydrogen-bond donors (Lipinski definition) is 5. The maximum Gasteiger partial charge on any atom is 0.333 e. The van der Waals surface area contributed by atoms with Crippen molar-refractivity contribution in [3.05, 3.63) is 75.8 Å². The number of phenols is 1. The molecule has 1 heterocycles. The second-order valence-corrected chi connectivity index (χ2v) is 10.5. The largest absolute Gasteiger partial charge is 0.508 e. The molecule has 0 saturated heterocycles. The summed E-state index contributed by atoms with van der Waals surface area (Å²) in [6.45, 7) is 4.07. The molecule has 0 radical (unpaired) electrons. The van der Waals surface area contributed by atoms with Crippen LogP contribution in [0.2, 0.25) is 0 Å². The molecule has 10 heteroatoms. The Hall–Kier alpha value is -3.60. The van der Waals surface area contributed by atoms with E-state index < -0.39 is 12.1 Å². The van der Waals surface area contributed by atoms with Crippen LogP contribution in [0.3, 0.4) is 0 Å². The van der Waals surface area contributed by atoms with E-state index in [1.807, 2.05) is 24.3 Å². The number of aromatic nitrogens is 2. The fraction of sp³-hybridized carbons (Fsp3) is 0.500. The fourth-order valence-corrected chi connectivity index (χ4v) is 4.72. The third-order valence-electron chi connectivity index (χ3n) is 7.08. The number of carbonyl (C=O) groups is 1. The Balaban J connectivity index is 1.14. The number of aromatic amines is 1. The third-order valence-corrected chi connectivity index (χ3v) is 7.08. The van der Waals surface area contributed by atoms with Crippen molar-refractivity contribution in [1.82, 2.24) is 14.9 Å². The zero-order valence-electron chi connectivity index (χ0n) is 24.5. The van der Waals surface area contributed by atoms with E-state index in [0.29, 0.717) is 23.4 Å². The van der Waals surface area contributed by atoms with E-state index in [1.165, 1.54) is 23.8 Å². The number of aliphatic hydroxyl groups excluding tert-OH is 1. The number of phenolic OH excluding ortho intramolecular Hbond substituents is 1. The molecule has 0 unspecified atom stereocenters. The van der Waals surface area contributed by atoms with Gasteiger partial charge in [0.15, 0.2) is 0 Å². The van der Waals surface area contributed by atoms with Crippen molar-refractivity contribution in [2.45, 2.75) is 77.4 Å². The molecule has 0 spiro atoms. The van der Waals surface area contributed by atoms with E-state index in [9.17, 15) is 24.9 Å². The number of carbonyl (C=O) groups excluding carboxylic acids is 1. The van der Waals surface area contributed by atoms with Gasteiger partial charge in [-0.05, 0) is 74.0 Å². The van der Waals surface area contributed by atoms with Crippen molar-refractivity contribution < 1.29 is 29.6 Å². The predicted octanol–water partition coefficient (Wildman–Crippen LogP) is 4.64. The molecule has 3 rings (SSSR count). The maximum absolute atomic E-state index is 11.9. The molecule has 1 atom stereocenters. The van der Waals surface area contributed by atoms with Gasteiger partial charge < -0.3 is 35.1 Å². The van der Waals surface area contributed by atoms with E-state index in [2.05, 4.69) is 10.3 Å². The minimum absolute atomic E-state index is 0.0241. The first kappa shape index (κ1) is 32.9. The van der Waals surface area contributed by atoms with Gasteiger partial charge in [0.2, 0.25) is 5.88 Å². The van der Waals surface area contributed by atoms with E-state index in [0.717, 1.165) is 83.1 Å². The number of aliphatic hydroxyl groups is 1. The van der Waals surface area contributed by atoms with Crippen LogP contribution in [0.4, 0.5) is 0 Å². The molecule has 0 saturated carbocycles. The minimum Gasteiger partial charge on any atom is -0.508 e. The van der Waals surface area contributed by atoms with Crippen molar-refractivity contribution in [1.29, 1.82) is 0 Å². The van der Waals surface area contributed by atoms with E-state index in [-0.39, 0.29) is 23.9 Å². The van der Waals surface area contributed by atoms with Crippen LogP contribution in [-0.2, 0) is 27.3 Å². The summed E-state index contributed by atoms with van der Waals surface area (Å²) in [6.07, 6.45) is 10.1. The van der Waals surface area contributed by atoms with Gasteiger partial charge in [0.25, 0.3) is 0 Å². The van der Waals surface area contributed by atoms with Gasteiger partial charge in [0.05, 0.1) is 18.0 Å². The van der Waals surface area contributed by atoms with Crippen LogP contribution in [0.5, 0.6) is 11.6 Å². The number of nitrogens with one attached hydrogen (secondary N) is 2. The quantitative estimate of drug-likeness (QED) is 0.0955. The normalized spacial score (nSPS) is 12.0. The first-order chi connectivity index (χ1) is 20.3. The van der Waals surface area contributed by atoms with E-state index >= 15 is 0 Å². The number of esters is 1. The molecule has 2 aromatic carbocycles. The molecule has 0 aliphatic rings. The molecule has 230 valence electrons. The predicted molar refractivity (Wildman–Crippen MR) is 161 cm³/mol. The van der Waals surface area contributed by atoms with Gasteiger partial charge >= 0.3 is 11.7 Å². The van der Waals surface area contributed by atoms with Crippen molar-refractivity contribution in [3.8, 4) is 17.3 Å². The van der Waals surface area contributed by atoms with Crippen LogP contribution in [0.1, 0.15) is 81.1 Å². The minimum atomic E-state index is -0.709. The first-order valence-electron chi connectivity index (χ1n) is 14.9. The standard InChI is InChI=1S/C32H45N3O7/c1-24(36)42-23-27-20-26(14-15-29(27)37)30(38)21-33-16-7-3-5-9-18-41-17-8-4-2-6-11-25-12-10-13-28(19-25)35-31(39)22-34-32(35)40/h10,12-15,19-20,22,30,33,37-39H,2-9,11,16-18,21,23H2,1H3,(H,34,40)/t30-/m0/s1. The molecule has 1 aromatic heterocycles. The highest BCUT2D eigenvalue weighted by Crippen LogP contribution is 2.23. The van der Waals surface area contributed by atoms with Crippen LogP contribution < -0.4 is 11.0 Å². The highest BCUT2D eigenvalue weighted by atomic mass is 16.5. The third kappa shape index (κ3) is 11.3. The topological polar surface area (TPSA) is 146 Å². The van der Waals surface area contributed by atoms with Crippen LogP contribution in [0, 0.1) is 0 Å². The molecular formula is C32H45N3O7. The molecule has 0 bridgehead atoms. The fourth-order valence-electron chi connectivity index (χ4n) is 4.72. The second kappa shape index (κ2) is 18.0. The number of benzene rings is 2. The van der Waals surface area contributed by atoms with Crippen molar-refractivity contribution >= 4 is 5.97 Å². The van der Waals surface area contributed by atoms with E-state index in [4.69, 9.17) is 9.47 Å². The van der Waals surface area contributed by atoms with Gasteiger partial charge in [-0.1, -0.05) is 43.9 Å². The summed E-state index contributed by atoms with van der Waals surface area (Å²) in [6, 6.07) is 12.5. The highest BCUT2D eigenvalue weighted by Gasteiger charge is 2.11. The number of aromatic hydroxyl groups is 2. The van der Waals surface area contributed by atoms with Crippen LogP contribution in [-0.4, -0.2) is 57.1 Å². The summed E-state index contributed by atoms with van der Waals surface area (Å²) in [7, 11) is 0. The Kier molecular flexibility index (Phi) is 14.1. The Morgan fingerprint density at radius 2 is 1.71 bits per heavy atom. The summed E-state index contributed by atoms with van der Waals surface area (Å²) in [5.41, 5.74) is 2.60. The molecule has 10 nitrogen and oxygen atoms in total. The van der Waals surface area contributed by atoms with Gasteiger partial charge in [0.1, 0.15) is 12.4 Å². The molecule has 42 heavy (non-hydrogen) atoms. The smallest absolute Gasteiger partial charge is 0.333 e. The summed E-state index contributed by atoms with van der Waals surface area (Å²) in [5.74, 6) is -0.479. The van der Waals surface area contributed by atoms with Crippen molar-refractivity contribution in [3.63, 3.8) is 0 Å². The van der Waals surface area contributed by atoms with E-state index in [1.54, 1.807) is 12.1 Å². The van der Waals surface area contributed by atoms with Crippen LogP contribution >= 0.6 is 0 Å². The molecule has 0 aliphatic carbocycles. The Labute approximate surface area is 247 Å². The van der Waals surface area contributed by atoms with Crippen LogP contribution in [0.15, 0.2) is 53.5 Å². The number of nitrogens with zero attached hydrogens (tertiary/aromatic N) is 1. The van der Waals surface area contributed by atoms with Gasteiger partial charge in [-0.15, -0.1) is 0 Å². The lowest BCUT2D eigenvalue weighted by Gasteiger charge is -2.14. The molecular weight excluding hydrogens is 538 g/mol. The highest BCUT2D eigenvalue weighted by molar-refractivity contribution is 5.66. The number of hydrogen-bond acceptors (Lipinski definition) is 8. The summed E-state index contributed by atoms with van der Waals surface area (Å²) >= 11 is 0. The lowest BCUT2D eigenvalue weighted by Crippen LogP contribution is -2.22. The molecule has 5 N–H and O–H groups in total. The van der Waals surface area contributed by atoms with Gasteiger partial charge in [-0.25, -0.2) is 9.36 Å². The number of H-pyrrole nitrogens is 1. The number of ether oxygens (including phenoxy) is 2. The number of unbranched alkanes of at least 4 members (excludes halogenated alkanes) is 6. The SMILES string of the molecule is CC(=O)OCc1cc([C@@H](O)CNCCCCCCOCCCCCCc2cccc(-n3c(O)c[nH]c3=O)c2)ccc1O. The second-order valence-electron chi connectivity index (χ2n) is 10.5. The Bertz CT molecular complexity index is 1290. The monoisotopic (exact) mass is 583 g/mol. The van der Waals surface area contributed by atoms with Crippen molar-refractivity contribution in [2.24, 2.45) is 0 Å². The molecule has 3 aromatic rings. The molecule has 0 amide bonds. The van der Waals surface area contributed by atoms with Gasteiger partial charge in [-0.3, -0.25) is 4.79 Å². The Morgan fingerprint density at radius 3 is 2.43 bits per heavy atom. The summed E-state index contributed by atoms with van der Waals surface area (Å²) in [4.78, 5) is 25.4. The van der Waals surface area contributed by atoms with Gasteiger partial charge in [0, 0.05) is 32.2 Å². The first-order valence-corrected chi connectivity index (χ1v) is 14.9. The summed E-state index contributed by atoms with van der Waals surface area (Å²) < 4.78 is 12.0. The zero-order chi connectivity index (χ0) is 30.2. The molecule has 0 aliphatic heterocycles. The van der Waals surface area contributed by atoms with Crippen LogP contribution in [0.25, 0.3) is 5.69 Å². The molecule has 0 fully saturated rings. The van der Waals surface area contributed by atoms with Crippen molar-refractivity contribution in [2.75, 3.05) is 26.3 Å².